The second-order valence-electron chi connectivity index (χ2n) is 7.07. The number of carbonyl (C=O) groups is 1. The van der Waals surface area contributed by atoms with Crippen LogP contribution in [0.4, 0.5) is 0 Å². The zero-order valence-electron chi connectivity index (χ0n) is 14.0. The van der Waals surface area contributed by atoms with E-state index in [1.807, 2.05) is 0 Å². The molecule has 0 bridgehead atoms. The Morgan fingerprint density at radius 3 is 2.61 bits per heavy atom. The van der Waals surface area contributed by atoms with E-state index >= 15 is 0 Å². The summed E-state index contributed by atoms with van der Waals surface area (Å²) in [4.78, 5) is 13.2. The van der Waals surface area contributed by atoms with Crippen LogP contribution in [0.25, 0.3) is 0 Å². The highest BCUT2D eigenvalue weighted by atomic mass is 16.5. The van der Waals surface area contributed by atoms with Crippen molar-refractivity contribution in [2.45, 2.75) is 50.5 Å². The lowest BCUT2D eigenvalue weighted by Gasteiger charge is -2.37. The van der Waals surface area contributed by atoms with Crippen molar-refractivity contribution in [3.63, 3.8) is 0 Å². The molecule has 3 rings (SSSR count). The van der Waals surface area contributed by atoms with Crippen molar-refractivity contribution < 1.29 is 9.53 Å². The highest BCUT2D eigenvalue weighted by molar-refractivity contribution is 5.88. The van der Waals surface area contributed by atoms with Gasteiger partial charge in [-0.1, -0.05) is 36.2 Å². The number of nitrogens with two attached hydrogens (primary N) is 1. The highest BCUT2D eigenvalue weighted by Crippen LogP contribution is 2.36. The largest absolute Gasteiger partial charge is 0.381 e. The first-order valence-electron chi connectivity index (χ1n) is 8.81. The zero-order valence-corrected chi connectivity index (χ0v) is 14.0. The summed E-state index contributed by atoms with van der Waals surface area (Å²) in [6.07, 6.45) is 4.84. The number of nitrogens with one attached hydrogen (secondary N) is 1. The maximum absolute atomic E-state index is 13.2. The molecular weight excluding hydrogens is 288 g/mol. The lowest BCUT2D eigenvalue weighted by atomic mass is 9.73. The van der Waals surface area contributed by atoms with E-state index in [4.69, 9.17) is 10.5 Å². The van der Waals surface area contributed by atoms with Gasteiger partial charge in [-0.3, -0.25) is 4.79 Å². The number of carbonyl (C=O) groups excluding carboxylic acids is 1. The Hall–Kier alpha value is -1.39. The SMILES string of the molecule is Cc1ccc(C2(C(=O)NC3CCCC3CN)CCOCC2)cc1. The summed E-state index contributed by atoms with van der Waals surface area (Å²) in [5, 5.41) is 3.33. The molecule has 4 heteroatoms. The lowest BCUT2D eigenvalue weighted by molar-refractivity contribution is -0.131. The van der Waals surface area contributed by atoms with Gasteiger partial charge in [0.15, 0.2) is 0 Å². The van der Waals surface area contributed by atoms with E-state index in [9.17, 15) is 4.79 Å². The summed E-state index contributed by atoms with van der Waals surface area (Å²) >= 11 is 0. The van der Waals surface area contributed by atoms with E-state index in [1.54, 1.807) is 0 Å². The summed E-state index contributed by atoms with van der Waals surface area (Å²) in [6.45, 7) is 4.02. The summed E-state index contributed by atoms with van der Waals surface area (Å²) < 4.78 is 5.53. The van der Waals surface area contributed by atoms with Gasteiger partial charge in [-0.15, -0.1) is 0 Å². The number of ether oxygens (including phenoxy) is 1. The van der Waals surface area contributed by atoms with Gasteiger partial charge in [-0.2, -0.15) is 0 Å². The van der Waals surface area contributed by atoms with Crippen LogP contribution in [-0.4, -0.2) is 31.7 Å². The van der Waals surface area contributed by atoms with E-state index in [0.29, 0.717) is 25.7 Å². The Morgan fingerprint density at radius 1 is 1.26 bits per heavy atom. The maximum atomic E-state index is 13.2. The molecule has 4 nitrogen and oxygen atoms in total. The zero-order chi connectivity index (χ0) is 16.3. The molecule has 2 aliphatic rings. The van der Waals surface area contributed by atoms with Crippen molar-refractivity contribution in [1.29, 1.82) is 0 Å². The monoisotopic (exact) mass is 316 g/mol. The fourth-order valence-electron chi connectivity index (χ4n) is 4.05. The average Bonchev–Trinajstić information content (AvgIpc) is 3.03. The van der Waals surface area contributed by atoms with Gasteiger partial charge in [0, 0.05) is 19.3 Å². The minimum Gasteiger partial charge on any atom is -0.381 e. The van der Waals surface area contributed by atoms with Gasteiger partial charge < -0.3 is 15.8 Å². The molecular formula is C19H28N2O2. The van der Waals surface area contributed by atoms with Crippen LogP contribution in [-0.2, 0) is 14.9 Å². The third-order valence-corrected chi connectivity index (χ3v) is 5.66. The fourth-order valence-corrected chi connectivity index (χ4v) is 4.05. The maximum Gasteiger partial charge on any atom is 0.231 e. The minimum absolute atomic E-state index is 0.162. The van der Waals surface area contributed by atoms with Crippen molar-refractivity contribution in [2.24, 2.45) is 11.7 Å². The molecule has 2 atom stereocenters. The van der Waals surface area contributed by atoms with Crippen LogP contribution in [0.5, 0.6) is 0 Å². The summed E-state index contributed by atoms with van der Waals surface area (Å²) in [7, 11) is 0. The van der Waals surface area contributed by atoms with Crippen LogP contribution in [0.15, 0.2) is 24.3 Å². The van der Waals surface area contributed by atoms with Crippen LogP contribution >= 0.6 is 0 Å². The number of aryl methyl sites for hydroxylation is 1. The molecule has 2 fully saturated rings. The van der Waals surface area contributed by atoms with Gasteiger partial charge in [0.25, 0.3) is 0 Å². The predicted octanol–water partition coefficient (Wildman–Crippen LogP) is 2.29. The molecule has 0 spiro atoms. The summed E-state index contributed by atoms with van der Waals surface area (Å²) in [6, 6.07) is 8.64. The first-order chi connectivity index (χ1) is 11.2. The molecule has 1 amide bonds. The van der Waals surface area contributed by atoms with Crippen molar-refractivity contribution in [3.8, 4) is 0 Å². The Bertz CT molecular complexity index is 535. The van der Waals surface area contributed by atoms with Crippen LogP contribution in [0.2, 0.25) is 0 Å². The van der Waals surface area contributed by atoms with Crippen LogP contribution in [0.3, 0.4) is 0 Å². The number of amides is 1. The van der Waals surface area contributed by atoms with Gasteiger partial charge in [0.2, 0.25) is 5.91 Å². The van der Waals surface area contributed by atoms with Gasteiger partial charge in [0.05, 0.1) is 5.41 Å². The molecule has 2 unspecified atom stereocenters. The Morgan fingerprint density at radius 2 is 1.96 bits per heavy atom. The quantitative estimate of drug-likeness (QED) is 0.896. The van der Waals surface area contributed by atoms with Gasteiger partial charge in [-0.05, 0) is 50.6 Å². The predicted molar refractivity (Wildman–Crippen MR) is 91.2 cm³/mol. The average molecular weight is 316 g/mol. The van der Waals surface area contributed by atoms with E-state index in [1.165, 1.54) is 5.56 Å². The number of hydrogen-bond donors (Lipinski definition) is 2. The Kier molecular flexibility index (Phi) is 5.02. The molecule has 126 valence electrons. The first kappa shape index (κ1) is 16.5. The number of rotatable bonds is 4. The topological polar surface area (TPSA) is 64.4 Å². The molecule has 1 heterocycles. The first-order valence-corrected chi connectivity index (χ1v) is 8.81. The van der Waals surface area contributed by atoms with Gasteiger partial charge >= 0.3 is 0 Å². The summed E-state index contributed by atoms with van der Waals surface area (Å²) in [5.41, 5.74) is 7.75. The van der Waals surface area contributed by atoms with Gasteiger partial charge in [-0.25, -0.2) is 0 Å². The fraction of sp³-hybridized carbons (Fsp3) is 0.632. The Labute approximate surface area is 138 Å². The molecule has 1 aromatic carbocycles. The van der Waals surface area contributed by atoms with Crippen molar-refractivity contribution >= 4 is 5.91 Å². The van der Waals surface area contributed by atoms with Crippen molar-refractivity contribution in [1.82, 2.24) is 5.32 Å². The standard InChI is InChI=1S/C19H28N2O2/c1-14-5-7-16(8-6-14)19(9-11-23-12-10-19)18(22)21-17-4-2-3-15(17)13-20/h5-8,15,17H,2-4,9-13,20H2,1H3,(H,21,22). The van der Waals surface area contributed by atoms with E-state index in [-0.39, 0.29) is 11.9 Å². The molecule has 1 saturated heterocycles. The third kappa shape index (κ3) is 3.29. The lowest BCUT2D eigenvalue weighted by Crippen LogP contribution is -2.52. The molecule has 3 N–H and O–H groups in total. The van der Waals surface area contributed by atoms with Crippen LogP contribution < -0.4 is 11.1 Å². The van der Waals surface area contributed by atoms with E-state index in [2.05, 4.69) is 36.5 Å². The Balaban J connectivity index is 1.83. The summed E-state index contributed by atoms with van der Waals surface area (Å²) in [5.74, 6) is 0.587. The normalized spacial score (nSPS) is 26.9. The molecule has 1 aliphatic heterocycles. The molecule has 0 aromatic heterocycles. The van der Waals surface area contributed by atoms with Crippen molar-refractivity contribution in [3.05, 3.63) is 35.4 Å². The molecule has 0 radical (unpaired) electrons. The second-order valence-corrected chi connectivity index (χ2v) is 7.07. The smallest absolute Gasteiger partial charge is 0.231 e. The number of benzene rings is 1. The van der Waals surface area contributed by atoms with Crippen molar-refractivity contribution in [2.75, 3.05) is 19.8 Å². The molecule has 1 saturated carbocycles. The minimum atomic E-state index is -0.451. The molecule has 1 aromatic rings. The highest BCUT2D eigenvalue weighted by Gasteiger charge is 2.43. The van der Waals surface area contributed by atoms with Gasteiger partial charge in [0.1, 0.15) is 0 Å². The van der Waals surface area contributed by atoms with E-state index in [0.717, 1.165) is 37.7 Å². The van der Waals surface area contributed by atoms with Crippen LogP contribution in [0, 0.1) is 12.8 Å². The van der Waals surface area contributed by atoms with Crippen LogP contribution in [0.1, 0.15) is 43.2 Å². The molecule has 23 heavy (non-hydrogen) atoms. The third-order valence-electron chi connectivity index (χ3n) is 5.66. The van der Waals surface area contributed by atoms with E-state index < -0.39 is 5.41 Å². The molecule has 1 aliphatic carbocycles. The number of hydrogen-bond acceptors (Lipinski definition) is 3. The second kappa shape index (κ2) is 7.02.